The molecule has 0 aliphatic rings. The van der Waals surface area contributed by atoms with Crippen molar-refractivity contribution in [2.75, 3.05) is 20.3 Å². The molecule has 2 aromatic heterocycles. The van der Waals surface area contributed by atoms with Crippen molar-refractivity contribution < 1.29 is 14.2 Å². The zero-order valence-corrected chi connectivity index (χ0v) is 17.5. The number of ether oxygens (including phenoxy) is 1. The highest BCUT2D eigenvalue weighted by atomic mass is 19.1. The molecule has 2 heterocycles. The molecule has 10 heteroatoms. The van der Waals surface area contributed by atoms with Gasteiger partial charge in [0, 0.05) is 24.4 Å². The standard InChI is InChI=1S/C22H23FN6O3/c1-32-20-9-15(8-18(23)10-20)14-28-21(13-24-6-7-30)27-29(22(28)31)19-4-2-16(3-5-19)17-11-25-26-12-17/h2-5,8-12,24,30H,6-7,13-14H2,1H3,(H,25,26). The van der Waals surface area contributed by atoms with Crippen molar-refractivity contribution in [1.29, 1.82) is 0 Å². The molecule has 0 unspecified atom stereocenters. The molecule has 0 saturated heterocycles. The number of aromatic nitrogens is 5. The number of nitrogens with zero attached hydrogens (tertiary/aromatic N) is 4. The Morgan fingerprint density at radius 1 is 1.19 bits per heavy atom. The molecular formula is C22H23FN6O3. The molecule has 0 atom stereocenters. The molecule has 9 nitrogen and oxygen atoms in total. The van der Waals surface area contributed by atoms with Crippen LogP contribution in [0, 0.1) is 5.82 Å². The molecule has 0 bridgehead atoms. The predicted octanol–water partition coefficient (Wildman–Crippen LogP) is 1.70. The van der Waals surface area contributed by atoms with Crippen LogP contribution >= 0.6 is 0 Å². The van der Waals surface area contributed by atoms with Crippen molar-refractivity contribution in [1.82, 2.24) is 29.9 Å². The lowest BCUT2D eigenvalue weighted by molar-refractivity contribution is 0.291. The summed E-state index contributed by atoms with van der Waals surface area (Å²) < 4.78 is 21.9. The first-order valence-electron chi connectivity index (χ1n) is 10.0. The zero-order chi connectivity index (χ0) is 22.5. The number of aliphatic hydroxyl groups excluding tert-OH is 1. The van der Waals surface area contributed by atoms with E-state index in [1.54, 1.807) is 30.6 Å². The van der Waals surface area contributed by atoms with Gasteiger partial charge >= 0.3 is 5.69 Å². The molecule has 3 N–H and O–H groups in total. The van der Waals surface area contributed by atoms with Gasteiger partial charge in [-0.3, -0.25) is 9.67 Å². The second kappa shape index (κ2) is 9.58. The van der Waals surface area contributed by atoms with Crippen molar-refractivity contribution in [3.8, 4) is 22.6 Å². The summed E-state index contributed by atoms with van der Waals surface area (Å²) in [6, 6.07) is 11.7. The molecule has 0 aliphatic heterocycles. The maximum Gasteiger partial charge on any atom is 0.351 e. The SMILES string of the molecule is COc1cc(F)cc(Cn2c(CNCCO)nn(-c3ccc(-c4cn[nH]c4)cc3)c2=O)c1. The third kappa shape index (κ3) is 4.61. The van der Waals surface area contributed by atoms with Crippen molar-refractivity contribution in [2.24, 2.45) is 0 Å². The van der Waals surface area contributed by atoms with Gasteiger partial charge in [-0.2, -0.15) is 9.78 Å². The van der Waals surface area contributed by atoms with E-state index in [9.17, 15) is 9.18 Å². The van der Waals surface area contributed by atoms with Crippen LogP contribution in [0.4, 0.5) is 4.39 Å². The van der Waals surface area contributed by atoms with Crippen molar-refractivity contribution >= 4 is 0 Å². The minimum Gasteiger partial charge on any atom is -0.497 e. The summed E-state index contributed by atoms with van der Waals surface area (Å²) >= 11 is 0. The van der Waals surface area contributed by atoms with Gasteiger partial charge in [0.1, 0.15) is 17.4 Å². The van der Waals surface area contributed by atoms with E-state index in [2.05, 4.69) is 20.6 Å². The van der Waals surface area contributed by atoms with Crippen LogP contribution in [0.3, 0.4) is 0 Å². The Hall–Kier alpha value is -3.76. The highest BCUT2D eigenvalue weighted by Gasteiger charge is 2.16. The molecule has 0 spiro atoms. The van der Waals surface area contributed by atoms with Crippen LogP contribution < -0.4 is 15.7 Å². The first-order valence-corrected chi connectivity index (χ1v) is 10.0. The van der Waals surface area contributed by atoms with Crippen LogP contribution in [0.5, 0.6) is 5.75 Å². The van der Waals surface area contributed by atoms with Crippen LogP contribution in [0.1, 0.15) is 11.4 Å². The van der Waals surface area contributed by atoms with E-state index < -0.39 is 5.82 Å². The summed E-state index contributed by atoms with van der Waals surface area (Å²) in [6.45, 7) is 0.703. The summed E-state index contributed by atoms with van der Waals surface area (Å²) in [5, 5.41) is 23.3. The molecular weight excluding hydrogens is 415 g/mol. The number of halogens is 1. The predicted molar refractivity (Wildman–Crippen MR) is 116 cm³/mol. The smallest absolute Gasteiger partial charge is 0.351 e. The van der Waals surface area contributed by atoms with Crippen LogP contribution in [-0.2, 0) is 13.1 Å². The van der Waals surface area contributed by atoms with E-state index in [1.165, 1.54) is 28.5 Å². The molecule has 2 aromatic carbocycles. The second-order valence-electron chi connectivity index (χ2n) is 7.13. The van der Waals surface area contributed by atoms with Crippen molar-refractivity contribution in [3.05, 3.63) is 82.5 Å². The molecule has 4 rings (SSSR count). The van der Waals surface area contributed by atoms with Gasteiger partial charge in [-0.05, 0) is 35.4 Å². The molecule has 0 fully saturated rings. The third-order valence-corrected chi connectivity index (χ3v) is 4.96. The van der Waals surface area contributed by atoms with E-state index in [1.807, 2.05) is 12.1 Å². The van der Waals surface area contributed by atoms with E-state index in [-0.39, 0.29) is 25.4 Å². The molecule has 0 aliphatic carbocycles. The van der Waals surface area contributed by atoms with Crippen molar-refractivity contribution in [3.63, 3.8) is 0 Å². The molecule has 0 radical (unpaired) electrons. The normalized spacial score (nSPS) is 11.1. The number of rotatable bonds is 9. The maximum absolute atomic E-state index is 14.0. The number of benzene rings is 2. The van der Waals surface area contributed by atoms with Crippen LogP contribution in [0.15, 0.2) is 59.7 Å². The quantitative estimate of drug-likeness (QED) is 0.343. The molecule has 32 heavy (non-hydrogen) atoms. The lowest BCUT2D eigenvalue weighted by Crippen LogP contribution is -2.26. The van der Waals surface area contributed by atoms with Gasteiger partial charge in [0.05, 0.1) is 38.7 Å². The average Bonchev–Trinajstić information content (AvgIpc) is 3.44. The van der Waals surface area contributed by atoms with Gasteiger partial charge in [0.25, 0.3) is 0 Å². The first kappa shape index (κ1) is 21.5. The van der Waals surface area contributed by atoms with Gasteiger partial charge in [-0.1, -0.05) is 12.1 Å². The Balaban J connectivity index is 1.69. The summed E-state index contributed by atoms with van der Waals surface area (Å²) in [7, 11) is 1.46. The lowest BCUT2D eigenvalue weighted by atomic mass is 10.1. The Morgan fingerprint density at radius 3 is 2.69 bits per heavy atom. The van der Waals surface area contributed by atoms with Gasteiger partial charge < -0.3 is 15.2 Å². The highest BCUT2D eigenvalue weighted by Crippen LogP contribution is 2.20. The Kier molecular flexibility index (Phi) is 6.43. The topological polar surface area (TPSA) is 110 Å². The van der Waals surface area contributed by atoms with E-state index in [0.29, 0.717) is 29.4 Å². The molecule has 0 saturated carbocycles. The number of aromatic amines is 1. The largest absolute Gasteiger partial charge is 0.497 e. The Bertz CT molecular complexity index is 1230. The number of hydrogen-bond donors (Lipinski definition) is 3. The van der Waals surface area contributed by atoms with E-state index in [0.717, 1.165) is 11.1 Å². The van der Waals surface area contributed by atoms with Gasteiger partial charge in [-0.15, -0.1) is 5.10 Å². The fraction of sp³-hybridized carbons (Fsp3) is 0.227. The average molecular weight is 438 g/mol. The number of nitrogens with one attached hydrogen (secondary N) is 2. The van der Waals surface area contributed by atoms with E-state index in [4.69, 9.17) is 9.84 Å². The van der Waals surface area contributed by atoms with Gasteiger partial charge in [-0.25, -0.2) is 9.18 Å². The maximum atomic E-state index is 14.0. The van der Waals surface area contributed by atoms with Crippen LogP contribution in [0.2, 0.25) is 0 Å². The molecule has 4 aromatic rings. The molecule has 0 amide bonds. The van der Waals surface area contributed by atoms with E-state index >= 15 is 0 Å². The summed E-state index contributed by atoms with van der Waals surface area (Å²) in [5.41, 5.74) is 2.70. The lowest BCUT2D eigenvalue weighted by Gasteiger charge is -2.08. The monoisotopic (exact) mass is 438 g/mol. The Labute approximate surface area is 183 Å². The van der Waals surface area contributed by atoms with Gasteiger partial charge in [0.2, 0.25) is 0 Å². The Morgan fingerprint density at radius 2 is 2.00 bits per heavy atom. The number of methoxy groups -OCH3 is 1. The van der Waals surface area contributed by atoms with Crippen LogP contribution in [-0.4, -0.2) is 49.9 Å². The first-order chi connectivity index (χ1) is 15.6. The van der Waals surface area contributed by atoms with Crippen LogP contribution in [0.25, 0.3) is 16.8 Å². The number of H-pyrrole nitrogens is 1. The second-order valence-corrected chi connectivity index (χ2v) is 7.13. The van der Waals surface area contributed by atoms with Crippen molar-refractivity contribution in [2.45, 2.75) is 13.1 Å². The fourth-order valence-electron chi connectivity index (χ4n) is 3.39. The summed E-state index contributed by atoms with van der Waals surface area (Å²) in [4.78, 5) is 13.2. The third-order valence-electron chi connectivity index (χ3n) is 4.96. The summed E-state index contributed by atoms with van der Waals surface area (Å²) in [5.74, 6) is 0.385. The number of aliphatic hydroxyl groups is 1. The highest BCUT2D eigenvalue weighted by molar-refractivity contribution is 5.62. The minimum atomic E-state index is -0.449. The summed E-state index contributed by atoms with van der Waals surface area (Å²) in [6.07, 6.45) is 3.50. The van der Waals surface area contributed by atoms with Gasteiger partial charge in [0.15, 0.2) is 0 Å². The molecule has 166 valence electrons. The fourth-order valence-corrected chi connectivity index (χ4v) is 3.39. The zero-order valence-electron chi connectivity index (χ0n) is 17.5. The minimum absolute atomic E-state index is 0.0402. The number of hydrogen-bond acceptors (Lipinski definition) is 6.